The maximum Gasteiger partial charge on any atom is 0.267 e. The molecule has 3 rings (SSSR count). The van der Waals surface area contributed by atoms with Crippen LogP contribution in [0.4, 0.5) is 0 Å². The van der Waals surface area contributed by atoms with E-state index in [1.54, 1.807) is 18.2 Å². The molecular weight excluding hydrogens is 402 g/mol. The zero-order valence-electron chi connectivity index (χ0n) is 19.2. The third kappa shape index (κ3) is 7.04. The smallest absolute Gasteiger partial charge is 0.267 e. The summed E-state index contributed by atoms with van der Waals surface area (Å²) in [5, 5.41) is 5.74. The summed E-state index contributed by atoms with van der Waals surface area (Å²) in [7, 11) is 0. The average molecular weight is 436 g/mol. The van der Waals surface area contributed by atoms with Crippen molar-refractivity contribution in [3.05, 3.63) is 76.5 Å². The summed E-state index contributed by atoms with van der Waals surface area (Å²) in [5.74, 6) is -0.178. The first-order valence-corrected chi connectivity index (χ1v) is 11.2. The van der Waals surface area contributed by atoms with Crippen molar-refractivity contribution in [1.82, 2.24) is 15.5 Å². The third-order valence-electron chi connectivity index (χ3n) is 5.54. The van der Waals surface area contributed by atoms with Crippen LogP contribution in [0.5, 0.6) is 0 Å². The lowest BCUT2D eigenvalue weighted by Crippen LogP contribution is -2.42. The number of morpholine rings is 1. The Balaban J connectivity index is 1.72. The normalized spacial score (nSPS) is 14.9. The molecule has 0 saturated carbocycles. The Kier molecular flexibility index (Phi) is 8.59. The lowest BCUT2D eigenvalue weighted by atomic mass is 10.0. The summed E-state index contributed by atoms with van der Waals surface area (Å²) < 4.78 is 5.36. The van der Waals surface area contributed by atoms with Gasteiger partial charge in [-0.15, -0.1) is 0 Å². The van der Waals surface area contributed by atoms with Gasteiger partial charge in [0.15, 0.2) is 0 Å². The van der Waals surface area contributed by atoms with E-state index in [4.69, 9.17) is 4.74 Å². The Morgan fingerprint density at radius 2 is 1.69 bits per heavy atom. The third-order valence-corrected chi connectivity index (χ3v) is 5.54. The monoisotopic (exact) mass is 435 g/mol. The van der Waals surface area contributed by atoms with Gasteiger partial charge >= 0.3 is 0 Å². The Morgan fingerprint density at radius 3 is 2.31 bits per heavy atom. The van der Waals surface area contributed by atoms with Crippen LogP contribution in [-0.4, -0.2) is 56.1 Å². The van der Waals surface area contributed by atoms with E-state index in [-0.39, 0.29) is 17.5 Å². The van der Waals surface area contributed by atoms with E-state index in [0.29, 0.717) is 18.0 Å². The fraction of sp³-hybridized carbons (Fsp3) is 0.385. The minimum Gasteiger partial charge on any atom is -0.379 e. The first-order valence-electron chi connectivity index (χ1n) is 11.2. The molecule has 1 saturated heterocycles. The lowest BCUT2D eigenvalue weighted by molar-refractivity contribution is -0.117. The summed E-state index contributed by atoms with van der Waals surface area (Å²) in [6.07, 6.45) is 1.72. The zero-order chi connectivity index (χ0) is 22.9. The summed E-state index contributed by atoms with van der Waals surface area (Å²) in [4.78, 5) is 28.0. The van der Waals surface area contributed by atoms with E-state index in [9.17, 15) is 9.59 Å². The number of benzene rings is 2. The molecule has 0 spiro atoms. The highest BCUT2D eigenvalue weighted by Gasteiger charge is 2.16. The molecule has 1 aliphatic heterocycles. The fourth-order valence-corrected chi connectivity index (χ4v) is 3.45. The van der Waals surface area contributed by atoms with Crippen LogP contribution in [-0.2, 0) is 9.53 Å². The second-order valence-corrected chi connectivity index (χ2v) is 8.41. The number of rotatable bonds is 8. The van der Waals surface area contributed by atoms with Gasteiger partial charge in [-0.05, 0) is 42.2 Å². The van der Waals surface area contributed by atoms with Crippen molar-refractivity contribution in [1.29, 1.82) is 0 Å². The van der Waals surface area contributed by atoms with Gasteiger partial charge in [0.2, 0.25) is 0 Å². The van der Waals surface area contributed by atoms with Crippen molar-refractivity contribution < 1.29 is 14.3 Å². The Hall–Kier alpha value is -2.96. The van der Waals surface area contributed by atoms with Crippen molar-refractivity contribution in [3.8, 4) is 0 Å². The molecule has 0 radical (unpaired) electrons. The molecule has 2 amide bonds. The number of hydrogen-bond donors (Lipinski definition) is 2. The van der Waals surface area contributed by atoms with Crippen LogP contribution >= 0.6 is 0 Å². The van der Waals surface area contributed by atoms with Gasteiger partial charge in [-0.3, -0.25) is 14.5 Å². The number of amides is 2. The van der Waals surface area contributed by atoms with Crippen molar-refractivity contribution in [2.75, 3.05) is 39.4 Å². The number of ether oxygens (including phenoxy) is 1. The van der Waals surface area contributed by atoms with Crippen LogP contribution in [0.25, 0.3) is 6.08 Å². The van der Waals surface area contributed by atoms with Crippen LogP contribution in [0.2, 0.25) is 0 Å². The number of carbonyl (C=O) groups excluding carboxylic acids is 2. The molecule has 1 heterocycles. The minimum absolute atomic E-state index is 0.231. The molecule has 1 aliphatic rings. The SMILES string of the molecule is Cc1ccc(C(=O)N/C(=C\c2ccc(C(C)C)cc2)C(=O)NCCN2CCOCC2)cc1. The number of nitrogens with zero attached hydrogens (tertiary/aromatic N) is 1. The standard InChI is InChI=1S/C26H33N3O3/c1-19(2)22-10-6-21(7-11-22)18-24(28-25(30)23-8-4-20(3)5-9-23)26(31)27-12-13-29-14-16-32-17-15-29/h4-11,18-19H,12-17H2,1-3H3,(H,27,31)(H,28,30)/b24-18-. The van der Waals surface area contributed by atoms with E-state index < -0.39 is 0 Å². The second-order valence-electron chi connectivity index (χ2n) is 8.41. The molecule has 6 nitrogen and oxygen atoms in total. The van der Waals surface area contributed by atoms with Gasteiger partial charge in [0.05, 0.1) is 13.2 Å². The highest BCUT2D eigenvalue weighted by molar-refractivity contribution is 6.05. The Morgan fingerprint density at radius 1 is 1.03 bits per heavy atom. The molecular formula is C26H33N3O3. The van der Waals surface area contributed by atoms with Gasteiger partial charge in [-0.2, -0.15) is 0 Å². The van der Waals surface area contributed by atoms with Gasteiger partial charge in [-0.1, -0.05) is 55.8 Å². The minimum atomic E-state index is -0.307. The first-order chi connectivity index (χ1) is 15.4. The Labute approximate surface area is 190 Å². The summed E-state index contributed by atoms with van der Waals surface area (Å²) in [6.45, 7) is 10.7. The molecule has 0 bridgehead atoms. The molecule has 32 heavy (non-hydrogen) atoms. The maximum absolute atomic E-state index is 12.9. The molecule has 2 N–H and O–H groups in total. The first kappa shape index (κ1) is 23.7. The Bertz CT molecular complexity index is 928. The van der Waals surface area contributed by atoms with E-state index in [1.165, 1.54) is 5.56 Å². The van der Waals surface area contributed by atoms with Gasteiger partial charge in [0.25, 0.3) is 11.8 Å². The summed E-state index contributed by atoms with van der Waals surface area (Å²) in [6, 6.07) is 15.3. The van der Waals surface area contributed by atoms with E-state index in [1.807, 2.05) is 43.3 Å². The molecule has 170 valence electrons. The van der Waals surface area contributed by atoms with Gasteiger partial charge in [0.1, 0.15) is 5.70 Å². The fourth-order valence-electron chi connectivity index (χ4n) is 3.45. The van der Waals surface area contributed by atoms with Crippen molar-refractivity contribution in [2.24, 2.45) is 0 Å². The molecule has 2 aromatic carbocycles. The molecule has 0 aliphatic carbocycles. The summed E-state index contributed by atoms with van der Waals surface area (Å²) in [5.41, 5.74) is 3.90. The lowest BCUT2D eigenvalue weighted by Gasteiger charge is -2.26. The number of carbonyl (C=O) groups is 2. The van der Waals surface area contributed by atoms with Crippen molar-refractivity contribution in [2.45, 2.75) is 26.7 Å². The summed E-state index contributed by atoms with van der Waals surface area (Å²) >= 11 is 0. The predicted octanol–water partition coefficient (Wildman–Crippen LogP) is 3.34. The molecule has 1 fully saturated rings. The number of aryl methyl sites for hydroxylation is 1. The van der Waals surface area contributed by atoms with Gasteiger partial charge < -0.3 is 15.4 Å². The van der Waals surface area contributed by atoms with Crippen LogP contribution in [0.1, 0.15) is 46.8 Å². The number of hydrogen-bond acceptors (Lipinski definition) is 4. The molecule has 0 unspecified atom stereocenters. The van der Waals surface area contributed by atoms with Crippen LogP contribution in [0.15, 0.2) is 54.2 Å². The highest BCUT2D eigenvalue weighted by Crippen LogP contribution is 2.16. The van der Waals surface area contributed by atoms with Crippen LogP contribution < -0.4 is 10.6 Å². The topological polar surface area (TPSA) is 70.7 Å². The molecule has 0 atom stereocenters. The quantitative estimate of drug-likeness (QED) is 0.624. The van der Waals surface area contributed by atoms with E-state index in [2.05, 4.69) is 29.4 Å². The average Bonchev–Trinajstić information content (AvgIpc) is 2.80. The zero-order valence-corrected chi connectivity index (χ0v) is 19.2. The molecule has 6 heteroatoms. The van der Waals surface area contributed by atoms with Crippen molar-refractivity contribution >= 4 is 17.9 Å². The predicted molar refractivity (Wildman–Crippen MR) is 127 cm³/mol. The second kappa shape index (κ2) is 11.6. The number of nitrogens with one attached hydrogen (secondary N) is 2. The largest absolute Gasteiger partial charge is 0.379 e. The van der Waals surface area contributed by atoms with E-state index in [0.717, 1.165) is 44.0 Å². The van der Waals surface area contributed by atoms with Gasteiger partial charge in [0, 0.05) is 31.7 Å². The molecule has 2 aromatic rings. The van der Waals surface area contributed by atoms with Gasteiger partial charge in [-0.25, -0.2) is 0 Å². The molecule has 0 aromatic heterocycles. The maximum atomic E-state index is 12.9. The van der Waals surface area contributed by atoms with Crippen molar-refractivity contribution in [3.63, 3.8) is 0 Å². The van der Waals surface area contributed by atoms with Crippen LogP contribution in [0, 0.1) is 6.92 Å². The highest BCUT2D eigenvalue weighted by atomic mass is 16.5. The van der Waals surface area contributed by atoms with E-state index >= 15 is 0 Å². The van der Waals surface area contributed by atoms with Crippen LogP contribution in [0.3, 0.4) is 0 Å².